The zero-order chi connectivity index (χ0) is 18.9. The SMILES string of the molecule is CC1CCC(C(NC(=O)OC(C)(C)C)c2nc3c(F)cccc3[nH]2)CC1. The van der Waals surface area contributed by atoms with E-state index in [1.807, 2.05) is 20.8 Å². The van der Waals surface area contributed by atoms with Crippen molar-refractivity contribution >= 4 is 17.1 Å². The fourth-order valence-electron chi connectivity index (χ4n) is 3.63. The van der Waals surface area contributed by atoms with Crippen molar-refractivity contribution in [3.63, 3.8) is 0 Å². The number of alkyl carbamates (subject to hydrolysis) is 1. The molecule has 1 aromatic heterocycles. The molecule has 1 aliphatic rings. The number of nitrogens with one attached hydrogen (secondary N) is 2. The van der Waals surface area contributed by atoms with E-state index in [0.717, 1.165) is 25.7 Å². The van der Waals surface area contributed by atoms with Gasteiger partial charge in [-0.25, -0.2) is 14.2 Å². The highest BCUT2D eigenvalue weighted by Crippen LogP contribution is 2.36. The maximum absolute atomic E-state index is 14.0. The third-order valence-electron chi connectivity index (χ3n) is 4.98. The second kappa shape index (κ2) is 7.25. The Hall–Kier alpha value is -2.11. The molecule has 1 heterocycles. The molecule has 26 heavy (non-hydrogen) atoms. The van der Waals surface area contributed by atoms with Gasteiger partial charge in [-0.3, -0.25) is 0 Å². The number of carbonyl (C=O) groups excluding carboxylic acids is 1. The molecule has 1 aliphatic carbocycles. The normalized spacial score (nSPS) is 22.2. The second-order valence-electron chi connectivity index (χ2n) is 8.40. The van der Waals surface area contributed by atoms with E-state index in [1.165, 1.54) is 6.07 Å². The van der Waals surface area contributed by atoms with E-state index in [1.54, 1.807) is 12.1 Å². The van der Waals surface area contributed by atoms with Gasteiger partial charge in [-0.2, -0.15) is 0 Å². The molecule has 142 valence electrons. The first-order chi connectivity index (χ1) is 12.2. The van der Waals surface area contributed by atoms with Gasteiger partial charge in [0.2, 0.25) is 0 Å². The summed E-state index contributed by atoms with van der Waals surface area (Å²) in [5.41, 5.74) is 0.373. The highest BCUT2D eigenvalue weighted by molar-refractivity contribution is 5.76. The van der Waals surface area contributed by atoms with Crippen LogP contribution in [0, 0.1) is 17.7 Å². The molecule has 2 aromatic rings. The monoisotopic (exact) mass is 361 g/mol. The number of fused-ring (bicyclic) bond motifs is 1. The van der Waals surface area contributed by atoms with Gasteiger partial charge < -0.3 is 15.0 Å². The summed E-state index contributed by atoms with van der Waals surface area (Å²) in [5.74, 6) is 1.18. The minimum atomic E-state index is -0.574. The van der Waals surface area contributed by atoms with Crippen molar-refractivity contribution in [1.82, 2.24) is 15.3 Å². The number of para-hydroxylation sites is 1. The molecule has 0 spiro atoms. The molecule has 1 fully saturated rings. The highest BCUT2D eigenvalue weighted by Gasteiger charge is 2.32. The number of ether oxygens (including phenoxy) is 1. The van der Waals surface area contributed by atoms with Crippen molar-refractivity contribution in [3.8, 4) is 0 Å². The van der Waals surface area contributed by atoms with Crippen LogP contribution in [0.4, 0.5) is 9.18 Å². The fourth-order valence-corrected chi connectivity index (χ4v) is 3.63. The summed E-state index contributed by atoms with van der Waals surface area (Å²) in [7, 11) is 0. The number of carbonyl (C=O) groups is 1. The van der Waals surface area contributed by atoms with Crippen molar-refractivity contribution in [1.29, 1.82) is 0 Å². The lowest BCUT2D eigenvalue weighted by atomic mass is 9.79. The third-order valence-corrected chi connectivity index (χ3v) is 4.98. The van der Waals surface area contributed by atoms with Crippen LogP contribution in [0.15, 0.2) is 18.2 Å². The van der Waals surface area contributed by atoms with Crippen LogP contribution >= 0.6 is 0 Å². The molecular weight excluding hydrogens is 333 g/mol. The number of hydrogen-bond donors (Lipinski definition) is 2. The lowest BCUT2D eigenvalue weighted by Gasteiger charge is -2.32. The maximum atomic E-state index is 14.0. The molecule has 1 atom stereocenters. The van der Waals surface area contributed by atoms with E-state index in [9.17, 15) is 9.18 Å². The van der Waals surface area contributed by atoms with Gasteiger partial charge in [-0.1, -0.05) is 25.8 Å². The van der Waals surface area contributed by atoms with E-state index in [2.05, 4.69) is 22.2 Å². The number of hydrogen-bond acceptors (Lipinski definition) is 3. The molecule has 0 bridgehead atoms. The van der Waals surface area contributed by atoms with E-state index in [0.29, 0.717) is 22.8 Å². The minimum Gasteiger partial charge on any atom is -0.444 e. The zero-order valence-corrected chi connectivity index (χ0v) is 15.9. The van der Waals surface area contributed by atoms with E-state index in [-0.39, 0.29) is 17.8 Å². The molecule has 3 rings (SSSR count). The Morgan fingerprint density at radius 3 is 2.62 bits per heavy atom. The number of H-pyrrole nitrogens is 1. The van der Waals surface area contributed by atoms with Crippen molar-refractivity contribution in [3.05, 3.63) is 29.8 Å². The Kier molecular flexibility index (Phi) is 5.21. The first kappa shape index (κ1) is 18.7. The van der Waals surface area contributed by atoms with Crippen molar-refractivity contribution < 1.29 is 13.9 Å². The van der Waals surface area contributed by atoms with Crippen LogP contribution in [0.3, 0.4) is 0 Å². The third kappa shape index (κ3) is 4.34. The summed E-state index contributed by atoms with van der Waals surface area (Å²) in [6.07, 6.45) is 3.77. The summed E-state index contributed by atoms with van der Waals surface area (Å²) >= 11 is 0. The largest absolute Gasteiger partial charge is 0.444 e. The molecule has 2 N–H and O–H groups in total. The van der Waals surface area contributed by atoms with Gasteiger partial charge in [0, 0.05) is 0 Å². The maximum Gasteiger partial charge on any atom is 0.408 e. The Labute approximate surface area is 153 Å². The van der Waals surface area contributed by atoms with Crippen molar-refractivity contribution in [2.75, 3.05) is 0 Å². The fraction of sp³-hybridized carbons (Fsp3) is 0.600. The molecule has 1 aromatic carbocycles. The number of imidazole rings is 1. The number of aromatic nitrogens is 2. The Balaban J connectivity index is 1.88. The lowest BCUT2D eigenvalue weighted by Crippen LogP contribution is -2.39. The smallest absolute Gasteiger partial charge is 0.408 e. The Morgan fingerprint density at radius 2 is 2.00 bits per heavy atom. The standard InChI is InChI=1S/C20H28FN3O2/c1-12-8-10-13(11-9-12)16(24-19(25)26-20(2,3)4)18-22-15-7-5-6-14(21)17(15)23-18/h5-7,12-13,16H,8-11H2,1-4H3,(H,22,23)(H,24,25). The first-order valence-corrected chi connectivity index (χ1v) is 9.36. The van der Waals surface area contributed by atoms with Gasteiger partial charge in [-0.05, 0) is 57.6 Å². The van der Waals surface area contributed by atoms with Gasteiger partial charge in [0.1, 0.15) is 16.9 Å². The van der Waals surface area contributed by atoms with Gasteiger partial charge in [0.25, 0.3) is 0 Å². The van der Waals surface area contributed by atoms with Crippen LogP contribution < -0.4 is 5.32 Å². The summed E-state index contributed by atoms with van der Waals surface area (Å²) in [5, 5.41) is 2.98. The lowest BCUT2D eigenvalue weighted by molar-refractivity contribution is 0.0468. The summed E-state index contributed by atoms with van der Waals surface area (Å²) in [6, 6.07) is 4.52. The van der Waals surface area contributed by atoms with E-state index in [4.69, 9.17) is 4.74 Å². The predicted octanol–water partition coefficient (Wildman–Crippen LogP) is 5.09. The van der Waals surface area contributed by atoms with E-state index >= 15 is 0 Å². The first-order valence-electron chi connectivity index (χ1n) is 9.36. The van der Waals surface area contributed by atoms with Crippen LogP contribution in [0.2, 0.25) is 0 Å². The molecule has 1 amide bonds. The summed E-state index contributed by atoms with van der Waals surface area (Å²) < 4.78 is 19.5. The van der Waals surface area contributed by atoms with Crippen LogP contribution in [-0.4, -0.2) is 21.7 Å². The van der Waals surface area contributed by atoms with E-state index < -0.39 is 11.7 Å². The average Bonchev–Trinajstić information content (AvgIpc) is 2.97. The molecule has 1 saturated carbocycles. The topological polar surface area (TPSA) is 67.0 Å². The number of halogens is 1. The summed E-state index contributed by atoms with van der Waals surface area (Å²) in [6.45, 7) is 7.75. The molecule has 1 unspecified atom stereocenters. The highest BCUT2D eigenvalue weighted by atomic mass is 19.1. The van der Waals surface area contributed by atoms with Crippen molar-refractivity contribution in [2.24, 2.45) is 11.8 Å². The van der Waals surface area contributed by atoms with Gasteiger partial charge in [0.05, 0.1) is 11.6 Å². The van der Waals surface area contributed by atoms with Crippen LogP contribution in [0.5, 0.6) is 0 Å². The van der Waals surface area contributed by atoms with Crippen molar-refractivity contribution in [2.45, 2.75) is 65.0 Å². The number of benzene rings is 1. The molecule has 5 nitrogen and oxygen atoms in total. The molecule has 0 saturated heterocycles. The van der Waals surface area contributed by atoms with Gasteiger partial charge >= 0.3 is 6.09 Å². The van der Waals surface area contributed by atoms with Crippen LogP contribution in [0.25, 0.3) is 11.0 Å². The van der Waals surface area contributed by atoms with Gasteiger partial charge in [0.15, 0.2) is 5.82 Å². The second-order valence-corrected chi connectivity index (χ2v) is 8.40. The molecule has 0 aliphatic heterocycles. The summed E-state index contributed by atoms with van der Waals surface area (Å²) in [4.78, 5) is 20.0. The zero-order valence-electron chi connectivity index (χ0n) is 15.9. The quantitative estimate of drug-likeness (QED) is 0.800. The molecular formula is C20H28FN3O2. The Morgan fingerprint density at radius 1 is 1.31 bits per heavy atom. The minimum absolute atomic E-state index is 0.252. The van der Waals surface area contributed by atoms with Crippen LogP contribution in [-0.2, 0) is 4.74 Å². The predicted molar refractivity (Wildman–Crippen MR) is 99.3 cm³/mol. The number of aromatic amines is 1. The Bertz CT molecular complexity index is 773. The molecule has 6 heteroatoms. The average molecular weight is 361 g/mol. The number of rotatable bonds is 3. The molecule has 0 radical (unpaired) electrons. The number of nitrogens with zero attached hydrogens (tertiary/aromatic N) is 1. The van der Waals surface area contributed by atoms with Gasteiger partial charge in [-0.15, -0.1) is 0 Å². The van der Waals surface area contributed by atoms with Crippen LogP contribution in [0.1, 0.15) is 65.2 Å². The number of amides is 1.